The van der Waals surface area contributed by atoms with Crippen LogP contribution in [0.4, 0.5) is 0 Å². The molecule has 1 fully saturated rings. The summed E-state index contributed by atoms with van der Waals surface area (Å²) in [5.74, 6) is 0.869. The van der Waals surface area contributed by atoms with Crippen LogP contribution >= 0.6 is 0 Å². The normalized spacial score (nSPS) is 15.4. The van der Waals surface area contributed by atoms with Crippen molar-refractivity contribution >= 4 is 16.9 Å². The van der Waals surface area contributed by atoms with Crippen LogP contribution in [0.25, 0.3) is 22.4 Å². The summed E-state index contributed by atoms with van der Waals surface area (Å²) < 4.78 is 7.73. The van der Waals surface area contributed by atoms with Crippen LogP contribution in [-0.4, -0.2) is 21.5 Å². The lowest BCUT2D eigenvalue weighted by molar-refractivity contribution is 0.0940. The van der Waals surface area contributed by atoms with E-state index < -0.39 is 0 Å². The summed E-state index contributed by atoms with van der Waals surface area (Å²) in [5, 5.41) is 3.19. The third-order valence-corrected chi connectivity index (χ3v) is 7.58. The highest BCUT2D eigenvalue weighted by molar-refractivity contribution is 5.98. The SMILES string of the molecule is Cc1cc(CC(C)NC(=O)c2ccc3c(c2)nc(-c2ccoc2)n3C2CCCCC2)cc(C)c1C. The van der Waals surface area contributed by atoms with Crippen molar-refractivity contribution in [1.82, 2.24) is 14.9 Å². The summed E-state index contributed by atoms with van der Waals surface area (Å²) in [5.41, 5.74) is 8.76. The number of hydrogen-bond donors (Lipinski definition) is 1. The molecule has 2 aromatic carbocycles. The molecule has 0 saturated heterocycles. The number of aromatic nitrogens is 2. The van der Waals surface area contributed by atoms with E-state index in [1.165, 1.54) is 41.5 Å². The van der Waals surface area contributed by atoms with Crippen LogP contribution in [0.3, 0.4) is 0 Å². The van der Waals surface area contributed by atoms with Crippen molar-refractivity contribution in [3.8, 4) is 11.4 Å². The minimum Gasteiger partial charge on any atom is -0.472 e. The number of amides is 1. The maximum Gasteiger partial charge on any atom is 0.251 e. The van der Waals surface area contributed by atoms with Gasteiger partial charge in [-0.1, -0.05) is 31.4 Å². The number of aryl methyl sites for hydroxylation is 2. The molecule has 1 aliphatic rings. The predicted molar refractivity (Wildman–Crippen MR) is 141 cm³/mol. The van der Waals surface area contributed by atoms with Gasteiger partial charge in [0, 0.05) is 17.6 Å². The Hall–Kier alpha value is -3.34. The largest absolute Gasteiger partial charge is 0.472 e. The number of hydrogen-bond acceptors (Lipinski definition) is 3. The van der Waals surface area contributed by atoms with E-state index in [1.807, 2.05) is 18.2 Å². The molecule has 2 heterocycles. The van der Waals surface area contributed by atoms with E-state index in [0.717, 1.165) is 41.7 Å². The fraction of sp³-hybridized carbons (Fsp3) is 0.400. The zero-order chi connectivity index (χ0) is 24.5. The van der Waals surface area contributed by atoms with E-state index in [4.69, 9.17) is 9.40 Å². The van der Waals surface area contributed by atoms with Crippen LogP contribution in [0.2, 0.25) is 0 Å². The average molecular weight is 470 g/mol. The molecule has 5 rings (SSSR count). The first-order valence-electron chi connectivity index (χ1n) is 12.8. The number of imidazole rings is 1. The maximum absolute atomic E-state index is 13.1. The molecule has 5 heteroatoms. The predicted octanol–water partition coefficient (Wildman–Crippen LogP) is 7.09. The first-order chi connectivity index (χ1) is 16.9. The van der Waals surface area contributed by atoms with Crippen LogP contribution in [0, 0.1) is 20.8 Å². The Bertz CT molecular complexity index is 1320. The molecule has 4 aromatic rings. The molecule has 1 saturated carbocycles. The Morgan fingerprint density at radius 3 is 2.51 bits per heavy atom. The van der Waals surface area contributed by atoms with Gasteiger partial charge in [0.05, 0.1) is 22.9 Å². The zero-order valence-electron chi connectivity index (χ0n) is 21.2. The van der Waals surface area contributed by atoms with Crippen LogP contribution in [0.1, 0.15) is 77.7 Å². The van der Waals surface area contributed by atoms with Gasteiger partial charge in [-0.3, -0.25) is 4.79 Å². The summed E-state index contributed by atoms with van der Waals surface area (Å²) in [6.45, 7) is 8.52. The van der Waals surface area contributed by atoms with Gasteiger partial charge in [0.1, 0.15) is 12.1 Å². The second-order valence-corrected chi connectivity index (χ2v) is 10.2. The van der Waals surface area contributed by atoms with Crippen molar-refractivity contribution in [2.24, 2.45) is 0 Å². The van der Waals surface area contributed by atoms with Crippen molar-refractivity contribution in [3.05, 3.63) is 76.7 Å². The van der Waals surface area contributed by atoms with E-state index in [1.54, 1.807) is 12.5 Å². The lowest BCUT2D eigenvalue weighted by Gasteiger charge is -2.25. The Balaban J connectivity index is 1.39. The number of nitrogens with one attached hydrogen (secondary N) is 1. The van der Waals surface area contributed by atoms with E-state index in [0.29, 0.717) is 11.6 Å². The molecule has 0 bridgehead atoms. The fourth-order valence-electron chi connectivity index (χ4n) is 5.50. The molecule has 1 aliphatic carbocycles. The fourth-order valence-corrected chi connectivity index (χ4v) is 5.50. The van der Waals surface area contributed by atoms with Crippen molar-refractivity contribution in [2.45, 2.75) is 78.3 Å². The Morgan fingerprint density at radius 2 is 1.83 bits per heavy atom. The van der Waals surface area contributed by atoms with Gasteiger partial charge in [-0.15, -0.1) is 0 Å². The molecule has 5 nitrogen and oxygen atoms in total. The minimum atomic E-state index is -0.0583. The molecular formula is C30H35N3O2. The summed E-state index contributed by atoms with van der Waals surface area (Å²) in [4.78, 5) is 18.1. The topological polar surface area (TPSA) is 60.1 Å². The van der Waals surface area contributed by atoms with Crippen LogP contribution in [-0.2, 0) is 6.42 Å². The zero-order valence-corrected chi connectivity index (χ0v) is 21.2. The van der Waals surface area contributed by atoms with Crippen LogP contribution < -0.4 is 5.32 Å². The van der Waals surface area contributed by atoms with Crippen molar-refractivity contribution in [3.63, 3.8) is 0 Å². The van der Waals surface area contributed by atoms with Gasteiger partial charge in [-0.2, -0.15) is 0 Å². The molecule has 2 aromatic heterocycles. The summed E-state index contributed by atoms with van der Waals surface area (Å²) in [7, 11) is 0. The van der Waals surface area contributed by atoms with Gasteiger partial charge in [0.15, 0.2) is 0 Å². The third-order valence-electron chi connectivity index (χ3n) is 7.58. The van der Waals surface area contributed by atoms with Crippen molar-refractivity contribution in [1.29, 1.82) is 0 Å². The molecule has 1 atom stereocenters. The monoisotopic (exact) mass is 469 g/mol. The second kappa shape index (κ2) is 9.73. The third kappa shape index (κ3) is 4.77. The number of carbonyl (C=O) groups excluding carboxylic acids is 1. The van der Waals surface area contributed by atoms with Crippen molar-refractivity contribution < 1.29 is 9.21 Å². The highest BCUT2D eigenvalue weighted by Gasteiger charge is 2.23. The molecule has 1 N–H and O–H groups in total. The Morgan fingerprint density at radius 1 is 1.09 bits per heavy atom. The summed E-state index contributed by atoms with van der Waals surface area (Å²) in [6, 6.07) is 12.8. The molecule has 0 radical (unpaired) electrons. The maximum atomic E-state index is 13.1. The molecule has 35 heavy (non-hydrogen) atoms. The number of carbonyl (C=O) groups is 1. The van der Waals surface area contributed by atoms with E-state index in [-0.39, 0.29) is 11.9 Å². The first kappa shape index (κ1) is 23.4. The first-order valence-corrected chi connectivity index (χ1v) is 12.8. The van der Waals surface area contributed by atoms with E-state index in [9.17, 15) is 4.79 Å². The standard InChI is InChI=1S/C30H35N3O2/c1-19-14-23(15-20(2)22(19)4)16-21(3)31-30(34)24-10-11-28-27(17-24)32-29(25-12-13-35-18-25)33(28)26-8-6-5-7-9-26/h10-15,17-18,21,26H,5-9,16H2,1-4H3,(H,31,34). The second-order valence-electron chi connectivity index (χ2n) is 10.2. The summed E-state index contributed by atoms with van der Waals surface area (Å²) >= 11 is 0. The van der Waals surface area contributed by atoms with Gasteiger partial charge in [-0.25, -0.2) is 4.98 Å². The summed E-state index contributed by atoms with van der Waals surface area (Å²) in [6.07, 6.45) is 10.4. The lowest BCUT2D eigenvalue weighted by Crippen LogP contribution is -2.34. The van der Waals surface area contributed by atoms with Crippen LogP contribution in [0.15, 0.2) is 53.3 Å². The van der Waals surface area contributed by atoms with E-state index in [2.05, 4.69) is 55.8 Å². The van der Waals surface area contributed by atoms with E-state index >= 15 is 0 Å². The minimum absolute atomic E-state index is 0.0287. The number of furan rings is 1. The molecule has 1 unspecified atom stereocenters. The quantitative estimate of drug-likeness (QED) is 0.328. The molecule has 1 amide bonds. The van der Waals surface area contributed by atoms with Crippen LogP contribution in [0.5, 0.6) is 0 Å². The molecule has 0 spiro atoms. The smallest absolute Gasteiger partial charge is 0.251 e. The molecule has 182 valence electrons. The number of rotatable bonds is 6. The number of nitrogens with zero attached hydrogens (tertiary/aromatic N) is 2. The Labute approximate surface area is 207 Å². The highest BCUT2D eigenvalue weighted by atomic mass is 16.3. The molecular weight excluding hydrogens is 434 g/mol. The number of fused-ring (bicyclic) bond motifs is 1. The van der Waals surface area contributed by atoms with Gasteiger partial charge in [0.2, 0.25) is 0 Å². The van der Waals surface area contributed by atoms with Crippen molar-refractivity contribution in [2.75, 3.05) is 0 Å². The lowest BCUT2D eigenvalue weighted by atomic mass is 9.95. The molecule has 0 aliphatic heterocycles. The number of benzene rings is 2. The van der Waals surface area contributed by atoms with Gasteiger partial charge < -0.3 is 14.3 Å². The Kier molecular flexibility index (Phi) is 6.50. The van der Waals surface area contributed by atoms with Gasteiger partial charge in [0.25, 0.3) is 5.91 Å². The highest BCUT2D eigenvalue weighted by Crippen LogP contribution is 2.36. The average Bonchev–Trinajstić information content (AvgIpc) is 3.50. The van der Waals surface area contributed by atoms with Gasteiger partial charge in [-0.05, 0) is 93.5 Å². The van der Waals surface area contributed by atoms with Gasteiger partial charge >= 0.3 is 0 Å².